The highest BCUT2D eigenvalue weighted by Crippen LogP contribution is 2.20. The van der Waals surface area contributed by atoms with Gasteiger partial charge in [-0.05, 0) is 25.0 Å². The summed E-state index contributed by atoms with van der Waals surface area (Å²) in [5, 5.41) is 0.413. The Hall–Kier alpha value is -2.67. The van der Waals surface area contributed by atoms with Crippen molar-refractivity contribution in [2.75, 3.05) is 0 Å². The van der Waals surface area contributed by atoms with E-state index in [0.717, 1.165) is 15.0 Å². The van der Waals surface area contributed by atoms with E-state index in [0.29, 0.717) is 10.2 Å². The van der Waals surface area contributed by atoms with Crippen molar-refractivity contribution >= 4 is 27.5 Å². The van der Waals surface area contributed by atoms with Gasteiger partial charge in [0.25, 0.3) is 5.56 Å². The van der Waals surface area contributed by atoms with Crippen molar-refractivity contribution < 1.29 is 9.53 Å². The fourth-order valence-corrected chi connectivity index (χ4v) is 3.60. The third kappa shape index (κ3) is 3.41. The Bertz CT molecular complexity index is 1020. The van der Waals surface area contributed by atoms with Gasteiger partial charge in [-0.15, -0.1) is 11.3 Å². The van der Waals surface area contributed by atoms with Crippen molar-refractivity contribution in [2.45, 2.75) is 32.9 Å². The quantitative estimate of drug-likeness (QED) is 0.711. The molecular weight excluding hydrogens is 340 g/mol. The molecule has 0 aliphatic carbocycles. The zero-order valence-corrected chi connectivity index (χ0v) is 14.8. The molecule has 2 heterocycles. The lowest BCUT2D eigenvalue weighted by Crippen LogP contribution is -2.41. The predicted molar refractivity (Wildman–Crippen MR) is 97.0 cm³/mol. The van der Waals surface area contributed by atoms with Gasteiger partial charge in [-0.3, -0.25) is 9.78 Å². The number of thiophene rings is 1. The molecular formula is C18H18N2O4S. The number of hydrogen-bond acceptors (Lipinski definition) is 5. The van der Waals surface area contributed by atoms with Crippen LogP contribution in [-0.4, -0.2) is 15.5 Å². The highest BCUT2D eigenvalue weighted by molar-refractivity contribution is 7.18. The van der Waals surface area contributed by atoms with Crippen molar-refractivity contribution in [3.05, 3.63) is 67.7 Å². The van der Waals surface area contributed by atoms with Gasteiger partial charge < -0.3 is 4.74 Å². The number of aryl methyl sites for hydroxylation is 1. The SMILES string of the molecule is CCC(C(=O)OCc1ccccc1)n1c(=O)[nH]c2sc(C)cc2c1=O. The van der Waals surface area contributed by atoms with Gasteiger partial charge in [-0.2, -0.15) is 0 Å². The van der Waals surface area contributed by atoms with Crippen LogP contribution in [0.1, 0.15) is 29.8 Å². The van der Waals surface area contributed by atoms with Crippen LogP contribution in [0.4, 0.5) is 0 Å². The maximum Gasteiger partial charge on any atom is 0.330 e. The molecule has 0 radical (unpaired) electrons. The molecule has 7 heteroatoms. The van der Waals surface area contributed by atoms with Gasteiger partial charge in [0.05, 0.1) is 5.39 Å². The fourth-order valence-electron chi connectivity index (χ4n) is 2.71. The van der Waals surface area contributed by atoms with Crippen LogP contribution in [0.15, 0.2) is 46.0 Å². The van der Waals surface area contributed by atoms with Gasteiger partial charge in [0.2, 0.25) is 0 Å². The Balaban J connectivity index is 1.92. The summed E-state index contributed by atoms with van der Waals surface area (Å²) in [4.78, 5) is 41.6. The second-order valence-corrected chi connectivity index (χ2v) is 6.98. The Kier molecular flexibility index (Phi) is 4.85. The molecule has 0 aliphatic rings. The molecule has 25 heavy (non-hydrogen) atoms. The van der Waals surface area contributed by atoms with Crippen LogP contribution in [0.3, 0.4) is 0 Å². The number of aromatic nitrogens is 2. The lowest BCUT2D eigenvalue weighted by Gasteiger charge is -2.16. The third-order valence-electron chi connectivity index (χ3n) is 3.94. The first-order valence-electron chi connectivity index (χ1n) is 7.96. The molecule has 3 rings (SSSR count). The predicted octanol–water partition coefficient (Wildman–Crippen LogP) is 2.75. The maximum atomic E-state index is 12.7. The van der Waals surface area contributed by atoms with E-state index < -0.39 is 23.3 Å². The number of hydrogen-bond donors (Lipinski definition) is 1. The largest absolute Gasteiger partial charge is 0.459 e. The number of nitrogens with zero attached hydrogens (tertiary/aromatic N) is 1. The zero-order valence-electron chi connectivity index (χ0n) is 13.9. The number of carbonyl (C=O) groups is 1. The van der Waals surface area contributed by atoms with Crippen molar-refractivity contribution in [3.8, 4) is 0 Å². The van der Waals surface area contributed by atoms with Gasteiger partial charge in [0.15, 0.2) is 0 Å². The second-order valence-electron chi connectivity index (χ2n) is 5.72. The maximum absolute atomic E-state index is 12.7. The number of esters is 1. The van der Waals surface area contributed by atoms with E-state index in [1.165, 1.54) is 11.3 Å². The molecule has 0 amide bonds. The number of H-pyrrole nitrogens is 1. The Morgan fingerprint density at radius 2 is 2.00 bits per heavy atom. The number of rotatable bonds is 5. The molecule has 6 nitrogen and oxygen atoms in total. The highest BCUT2D eigenvalue weighted by atomic mass is 32.1. The molecule has 0 aliphatic heterocycles. The number of carbonyl (C=O) groups excluding carboxylic acids is 1. The number of fused-ring (bicyclic) bond motifs is 1. The van der Waals surface area contributed by atoms with E-state index in [-0.39, 0.29) is 13.0 Å². The van der Waals surface area contributed by atoms with E-state index in [1.807, 2.05) is 37.3 Å². The van der Waals surface area contributed by atoms with Crippen molar-refractivity contribution in [1.29, 1.82) is 0 Å². The smallest absolute Gasteiger partial charge is 0.330 e. The van der Waals surface area contributed by atoms with Crippen LogP contribution in [0.2, 0.25) is 0 Å². The van der Waals surface area contributed by atoms with Gasteiger partial charge in [-0.25, -0.2) is 14.2 Å². The van der Waals surface area contributed by atoms with Gasteiger partial charge in [0, 0.05) is 4.88 Å². The van der Waals surface area contributed by atoms with Gasteiger partial charge >= 0.3 is 11.7 Å². The van der Waals surface area contributed by atoms with Gasteiger partial charge in [-0.1, -0.05) is 37.3 Å². The summed E-state index contributed by atoms with van der Waals surface area (Å²) in [5.41, 5.74) is -0.217. The minimum absolute atomic E-state index is 0.0998. The molecule has 130 valence electrons. The number of aromatic amines is 1. The molecule has 0 spiro atoms. The van der Waals surface area contributed by atoms with E-state index in [2.05, 4.69) is 4.98 Å². The van der Waals surface area contributed by atoms with Crippen molar-refractivity contribution in [2.24, 2.45) is 0 Å². The summed E-state index contributed by atoms with van der Waals surface area (Å²) in [6.07, 6.45) is 0.283. The van der Waals surface area contributed by atoms with Crippen LogP contribution in [0.25, 0.3) is 10.2 Å². The monoisotopic (exact) mass is 358 g/mol. The summed E-state index contributed by atoms with van der Waals surface area (Å²) in [5.74, 6) is -0.592. The fraction of sp³-hybridized carbons (Fsp3) is 0.278. The molecule has 1 unspecified atom stereocenters. The third-order valence-corrected chi connectivity index (χ3v) is 4.90. The van der Waals surface area contributed by atoms with Crippen LogP contribution in [-0.2, 0) is 16.1 Å². The molecule has 0 fully saturated rings. The van der Waals surface area contributed by atoms with Crippen LogP contribution >= 0.6 is 11.3 Å². The number of benzene rings is 1. The average molecular weight is 358 g/mol. The van der Waals surface area contributed by atoms with Crippen LogP contribution in [0, 0.1) is 6.92 Å². The summed E-state index contributed by atoms with van der Waals surface area (Å²) in [6, 6.07) is 10.0. The molecule has 0 saturated heterocycles. The zero-order chi connectivity index (χ0) is 18.0. The molecule has 1 N–H and O–H groups in total. The topological polar surface area (TPSA) is 81.2 Å². The average Bonchev–Trinajstić information content (AvgIpc) is 2.98. The van der Waals surface area contributed by atoms with Crippen molar-refractivity contribution in [1.82, 2.24) is 9.55 Å². The first-order valence-corrected chi connectivity index (χ1v) is 8.78. The normalized spacial score (nSPS) is 12.2. The lowest BCUT2D eigenvalue weighted by atomic mass is 10.2. The minimum Gasteiger partial charge on any atom is -0.459 e. The van der Waals surface area contributed by atoms with E-state index >= 15 is 0 Å². The molecule has 3 aromatic rings. The lowest BCUT2D eigenvalue weighted by molar-refractivity contribution is -0.149. The molecule has 1 atom stereocenters. The first-order chi connectivity index (χ1) is 12.0. The minimum atomic E-state index is -0.954. The summed E-state index contributed by atoms with van der Waals surface area (Å²) in [6.45, 7) is 3.70. The Morgan fingerprint density at radius 3 is 2.68 bits per heavy atom. The van der Waals surface area contributed by atoms with E-state index in [9.17, 15) is 14.4 Å². The van der Waals surface area contributed by atoms with Gasteiger partial charge in [0.1, 0.15) is 17.5 Å². The number of ether oxygens (including phenoxy) is 1. The second kappa shape index (κ2) is 7.06. The molecule has 2 aromatic heterocycles. The van der Waals surface area contributed by atoms with Crippen molar-refractivity contribution in [3.63, 3.8) is 0 Å². The summed E-state index contributed by atoms with van der Waals surface area (Å²) >= 11 is 1.34. The Morgan fingerprint density at radius 1 is 1.28 bits per heavy atom. The number of nitrogens with one attached hydrogen (secondary N) is 1. The Labute approximate surface area is 147 Å². The standard InChI is InChI=1S/C18H18N2O4S/c1-3-14(17(22)24-10-12-7-5-4-6-8-12)20-16(21)13-9-11(2)25-15(13)19-18(20)23/h4-9,14H,3,10H2,1-2H3,(H,19,23). The molecule has 0 bridgehead atoms. The first kappa shape index (κ1) is 17.2. The van der Waals surface area contributed by atoms with Crippen LogP contribution < -0.4 is 11.2 Å². The van der Waals surface area contributed by atoms with Crippen LogP contribution in [0.5, 0.6) is 0 Å². The molecule has 1 aromatic carbocycles. The van der Waals surface area contributed by atoms with E-state index in [1.54, 1.807) is 13.0 Å². The van der Waals surface area contributed by atoms with E-state index in [4.69, 9.17) is 4.74 Å². The molecule has 0 saturated carbocycles. The summed E-state index contributed by atoms with van der Waals surface area (Å²) in [7, 11) is 0. The summed E-state index contributed by atoms with van der Waals surface area (Å²) < 4.78 is 6.27. The highest BCUT2D eigenvalue weighted by Gasteiger charge is 2.25.